The van der Waals surface area contributed by atoms with E-state index in [1.165, 1.54) is 128 Å². The minimum absolute atomic E-state index is 0.0843. The lowest BCUT2D eigenvalue weighted by Crippen LogP contribution is -2.30. The zero-order valence-corrected chi connectivity index (χ0v) is 66.8. The summed E-state index contributed by atoms with van der Waals surface area (Å²) in [6.07, 6.45) is 77.2. The first-order chi connectivity index (χ1) is 49.7. The van der Waals surface area contributed by atoms with Gasteiger partial charge in [0.1, 0.15) is 19.3 Å². The summed E-state index contributed by atoms with van der Waals surface area (Å²) >= 11 is 0. The molecule has 0 aliphatic rings. The Bertz CT molecular complexity index is 2210. The molecule has 0 amide bonds. The Morgan fingerprint density at radius 2 is 0.510 bits per heavy atom. The van der Waals surface area contributed by atoms with Crippen molar-refractivity contribution in [2.24, 2.45) is 0 Å². The Morgan fingerprint density at radius 1 is 0.284 bits per heavy atom. The van der Waals surface area contributed by atoms with Gasteiger partial charge in [-0.1, -0.05) is 306 Å². The van der Waals surface area contributed by atoms with Gasteiger partial charge in [-0.2, -0.15) is 0 Å². The van der Waals surface area contributed by atoms with Crippen LogP contribution in [0.4, 0.5) is 0 Å². The Kier molecular flexibility index (Phi) is 73.1. The Labute approximate surface area is 622 Å². The van der Waals surface area contributed by atoms with Crippen molar-refractivity contribution in [1.29, 1.82) is 0 Å². The molecule has 17 nitrogen and oxygen atoms in total. The molecule has 0 saturated carbocycles. The van der Waals surface area contributed by atoms with Crippen molar-refractivity contribution in [3.63, 3.8) is 0 Å². The predicted octanol–water partition coefficient (Wildman–Crippen LogP) is 24.0. The number of carbonyl (C=O) groups excluding carboxylic acids is 4. The molecule has 19 heteroatoms. The van der Waals surface area contributed by atoms with Gasteiger partial charge in [-0.05, 0) is 116 Å². The van der Waals surface area contributed by atoms with Crippen molar-refractivity contribution in [2.45, 2.75) is 393 Å². The van der Waals surface area contributed by atoms with E-state index in [4.69, 9.17) is 37.0 Å². The fraction of sp³-hybridized carbons (Fsp3) is 0.807. The molecule has 0 saturated heterocycles. The zero-order valence-electron chi connectivity index (χ0n) is 65.0. The molecular formula is C83H150O17P2. The van der Waals surface area contributed by atoms with Gasteiger partial charge in [-0.15, -0.1) is 0 Å². The standard InChI is InChI=1S/C83H150O17P2/c1-5-9-13-17-21-25-29-33-36-37-38-39-42-45-48-52-56-60-64-68-81(86)94-74-79(100-83(88)70-66-62-58-54-50-46-41-35-31-27-23-19-15-11-7-3)76-98-102(91,92)96-72-77(84)71-95-101(89,90)97-75-78(99-82(87)69-65-61-57-53-49-43-32-28-24-20-16-12-8-4)73-93-80(85)67-63-59-55-51-47-44-40-34-30-26-22-18-14-10-6-2/h9,13,21,25,33-36,38-41,77-79,84H,5-8,10-12,14-20,22-24,26-32,37,42-76H2,1-4H3,(H,89,90)(H,91,92)/b13-9-,25-21-,36-33-,39-38-,40-34-,41-35-. The van der Waals surface area contributed by atoms with Crippen LogP contribution >= 0.6 is 15.6 Å². The first-order valence-corrected chi connectivity index (χ1v) is 44.2. The van der Waals surface area contributed by atoms with Gasteiger partial charge >= 0.3 is 39.5 Å². The van der Waals surface area contributed by atoms with Gasteiger partial charge in [0.25, 0.3) is 0 Å². The van der Waals surface area contributed by atoms with Crippen molar-refractivity contribution >= 4 is 39.5 Å². The minimum atomic E-state index is -4.98. The van der Waals surface area contributed by atoms with Gasteiger partial charge in [0, 0.05) is 25.7 Å². The third-order valence-electron chi connectivity index (χ3n) is 17.7. The molecule has 5 unspecified atom stereocenters. The van der Waals surface area contributed by atoms with E-state index in [2.05, 4.69) is 101 Å². The van der Waals surface area contributed by atoms with E-state index in [1.807, 2.05) is 0 Å². The predicted molar refractivity (Wildman–Crippen MR) is 418 cm³/mol. The number of carbonyl (C=O) groups is 4. The smallest absolute Gasteiger partial charge is 0.462 e. The van der Waals surface area contributed by atoms with Crippen LogP contribution in [0, 0.1) is 0 Å². The number of hydrogen-bond acceptors (Lipinski definition) is 15. The average Bonchev–Trinajstić information content (AvgIpc) is 0.924. The number of rotatable bonds is 78. The van der Waals surface area contributed by atoms with Gasteiger partial charge < -0.3 is 33.8 Å². The second kappa shape index (κ2) is 75.7. The normalized spacial score (nSPS) is 14.2. The molecule has 0 aliphatic heterocycles. The number of esters is 4. The van der Waals surface area contributed by atoms with Gasteiger partial charge in [-0.3, -0.25) is 37.3 Å². The van der Waals surface area contributed by atoms with E-state index in [1.54, 1.807) is 0 Å². The topological polar surface area (TPSA) is 237 Å². The SMILES string of the molecule is CC/C=C\C/C=C\C/C=C\C/C=C\CCCCCCCCC(=O)OCC(COP(=O)(O)OCC(O)COP(=O)(O)OCC(COC(=O)CCCCCCC/C=C\CCCCCCCC)OC(=O)CCCCCCCCCCCCCCC)OC(=O)CCCCCCC/C=C\CCCCCCCC. The van der Waals surface area contributed by atoms with Crippen LogP contribution in [-0.4, -0.2) is 96.7 Å². The highest BCUT2D eigenvalue weighted by Gasteiger charge is 2.30. The molecule has 0 bridgehead atoms. The number of aliphatic hydroxyl groups excluding tert-OH is 1. The number of ether oxygens (including phenoxy) is 4. The minimum Gasteiger partial charge on any atom is -0.462 e. The lowest BCUT2D eigenvalue weighted by molar-refractivity contribution is -0.161. The summed E-state index contributed by atoms with van der Waals surface area (Å²) < 4.78 is 68.7. The highest BCUT2D eigenvalue weighted by atomic mass is 31.2. The van der Waals surface area contributed by atoms with Gasteiger partial charge in [0.2, 0.25) is 0 Å². The average molecular weight is 1480 g/mol. The third kappa shape index (κ3) is 74.8. The number of unbranched alkanes of at least 4 members (excludes halogenated alkanes) is 40. The summed E-state index contributed by atoms with van der Waals surface area (Å²) in [4.78, 5) is 73.1. The molecular weight excluding hydrogens is 1330 g/mol. The maximum Gasteiger partial charge on any atom is 0.472 e. The third-order valence-corrected chi connectivity index (χ3v) is 19.6. The monoisotopic (exact) mass is 1480 g/mol. The van der Waals surface area contributed by atoms with Gasteiger partial charge in [-0.25, -0.2) is 9.13 Å². The van der Waals surface area contributed by atoms with Crippen LogP contribution in [0.1, 0.15) is 374 Å². The van der Waals surface area contributed by atoms with Crippen LogP contribution in [0.15, 0.2) is 72.9 Å². The fourth-order valence-electron chi connectivity index (χ4n) is 11.4. The second-order valence-corrected chi connectivity index (χ2v) is 30.6. The molecule has 0 radical (unpaired) electrons. The molecule has 0 aromatic heterocycles. The number of allylic oxidation sites excluding steroid dienone is 12. The van der Waals surface area contributed by atoms with Crippen molar-refractivity contribution in [2.75, 3.05) is 39.6 Å². The van der Waals surface area contributed by atoms with Crippen molar-refractivity contribution in [1.82, 2.24) is 0 Å². The maximum atomic E-state index is 13.1. The van der Waals surface area contributed by atoms with Crippen molar-refractivity contribution in [3.05, 3.63) is 72.9 Å². The first kappa shape index (κ1) is 98.5. The summed E-state index contributed by atoms with van der Waals surface area (Å²) in [6, 6.07) is 0. The summed E-state index contributed by atoms with van der Waals surface area (Å²) in [5.74, 6) is -2.18. The van der Waals surface area contributed by atoms with Crippen LogP contribution in [0.3, 0.4) is 0 Å². The van der Waals surface area contributed by atoms with E-state index >= 15 is 0 Å². The Morgan fingerprint density at radius 3 is 0.794 bits per heavy atom. The summed E-state index contributed by atoms with van der Waals surface area (Å²) in [5, 5.41) is 10.6. The van der Waals surface area contributed by atoms with Gasteiger partial charge in [0.15, 0.2) is 12.2 Å². The molecule has 0 rings (SSSR count). The summed E-state index contributed by atoms with van der Waals surface area (Å²) in [6.45, 7) is 4.79. The highest BCUT2D eigenvalue weighted by molar-refractivity contribution is 7.47. The molecule has 102 heavy (non-hydrogen) atoms. The van der Waals surface area contributed by atoms with E-state index in [9.17, 15) is 43.2 Å². The van der Waals surface area contributed by atoms with Crippen LogP contribution in [0.25, 0.3) is 0 Å². The largest absolute Gasteiger partial charge is 0.472 e. The van der Waals surface area contributed by atoms with Crippen molar-refractivity contribution in [3.8, 4) is 0 Å². The number of hydrogen-bond donors (Lipinski definition) is 3. The van der Waals surface area contributed by atoms with E-state index < -0.39 is 97.5 Å². The molecule has 594 valence electrons. The Balaban J connectivity index is 5.33. The summed E-state index contributed by atoms with van der Waals surface area (Å²) in [5.41, 5.74) is 0. The second-order valence-electron chi connectivity index (χ2n) is 27.7. The molecule has 0 aliphatic carbocycles. The Hall–Kier alpha value is -3.50. The van der Waals surface area contributed by atoms with E-state index in [0.717, 1.165) is 167 Å². The quantitative estimate of drug-likeness (QED) is 0.0169. The molecule has 0 aromatic carbocycles. The van der Waals surface area contributed by atoms with Crippen LogP contribution < -0.4 is 0 Å². The van der Waals surface area contributed by atoms with E-state index in [0.29, 0.717) is 25.7 Å². The molecule has 0 spiro atoms. The molecule has 3 N–H and O–H groups in total. The number of aliphatic hydroxyl groups is 1. The van der Waals surface area contributed by atoms with Crippen LogP contribution in [0.5, 0.6) is 0 Å². The van der Waals surface area contributed by atoms with E-state index in [-0.39, 0.29) is 25.7 Å². The van der Waals surface area contributed by atoms with Gasteiger partial charge in [0.05, 0.1) is 26.4 Å². The summed E-state index contributed by atoms with van der Waals surface area (Å²) in [7, 11) is -9.95. The number of phosphoric ester groups is 2. The molecule has 0 heterocycles. The van der Waals surface area contributed by atoms with Crippen molar-refractivity contribution < 1.29 is 80.2 Å². The van der Waals surface area contributed by atoms with Crippen LogP contribution in [-0.2, 0) is 65.4 Å². The molecule has 0 fully saturated rings. The molecule has 5 atom stereocenters. The first-order valence-electron chi connectivity index (χ1n) is 41.2. The van der Waals surface area contributed by atoms with Crippen LogP contribution in [0.2, 0.25) is 0 Å². The zero-order chi connectivity index (χ0) is 74.6. The fourth-order valence-corrected chi connectivity index (χ4v) is 13.0. The highest BCUT2D eigenvalue weighted by Crippen LogP contribution is 2.45. The maximum absolute atomic E-state index is 13.1. The molecule has 0 aromatic rings. The number of phosphoric acid groups is 2. The lowest BCUT2D eigenvalue weighted by Gasteiger charge is -2.21. The lowest BCUT2D eigenvalue weighted by atomic mass is 10.0.